The second-order valence-electron chi connectivity index (χ2n) is 4.13. The number of nitriles is 2. The van der Waals surface area contributed by atoms with Crippen LogP contribution >= 0.6 is 0 Å². The molecule has 0 saturated carbocycles. The Morgan fingerprint density at radius 2 is 1.94 bits per heavy atom. The summed E-state index contributed by atoms with van der Waals surface area (Å²) in [5, 5.41) is 26.0. The molecule has 0 aliphatic rings. The molecule has 1 aromatic heterocycles. The van der Waals surface area contributed by atoms with E-state index in [4.69, 9.17) is 10.5 Å². The van der Waals surface area contributed by atoms with E-state index in [1.54, 1.807) is 4.90 Å². The molecular weight excluding hydrogens is 214 g/mol. The average molecular weight is 229 g/mol. The number of hydrogen-bond donors (Lipinski definition) is 0. The molecule has 1 atom stereocenters. The van der Waals surface area contributed by atoms with E-state index in [9.17, 15) is 0 Å². The summed E-state index contributed by atoms with van der Waals surface area (Å²) in [6.45, 7) is 6.04. The van der Waals surface area contributed by atoms with Gasteiger partial charge in [0.2, 0.25) is 0 Å². The van der Waals surface area contributed by atoms with E-state index in [0.29, 0.717) is 17.9 Å². The van der Waals surface area contributed by atoms with E-state index < -0.39 is 0 Å². The number of hydrogen-bond acceptors (Lipinski definition) is 5. The van der Waals surface area contributed by atoms with Crippen LogP contribution in [0, 0.1) is 42.4 Å². The monoisotopic (exact) mass is 229 g/mol. The highest BCUT2D eigenvalue weighted by Crippen LogP contribution is 2.20. The summed E-state index contributed by atoms with van der Waals surface area (Å²) in [5.41, 5.74) is 2.13. The van der Waals surface area contributed by atoms with E-state index in [0.717, 1.165) is 11.3 Å². The van der Waals surface area contributed by atoms with Gasteiger partial charge >= 0.3 is 0 Å². The molecule has 0 N–H and O–H groups in total. The van der Waals surface area contributed by atoms with Crippen molar-refractivity contribution in [2.45, 2.75) is 20.8 Å². The summed E-state index contributed by atoms with van der Waals surface area (Å²) in [7, 11) is 1.81. The largest absolute Gasteiger partial charge is 0.356 e. The van der Waals surface area contributed by atoms with Crippen molar-refractivity contribution in [1.82, 2.24) is 10.2 Å². The quantitative estimate of drug-likeness (QED) is 0.786. The molecule has 1 unspecified atom stereocenters. The van der Waals surface area contributed by atoms with Crippen molar-refractivity contribution in [3.8, 4) is 12.1 Å². The van der Waals surface area contributed by atoms with Crippen LogP contribution in [0.2, 0.25) is 0 Å². The molecule has 0 amide bonds. The average Bonchev–Trinajstić information content (AvgIpc) is 2.31. The van der Waals surface area contributed by atoms with Crippen LogP contribution in [0.25, 0.3) is 0 Å². The van der Waals surface area contributed by atoms with Crippen molar-refractivity contribution in [2.75, 3.05) is 18.5 Å². The van der Waals surface area contributed by atoms with Crippen LogP contribution in [0.3, 0.4) is 0 Å². The van der Waals surface area contributed by atoms with Gasteiger partial charge in [-0.05, 0) is 26.3 Å². The predicted molar refractivity (Wildman–Crippen MR) is 64.3 cm³/mol. The number of rotatable bonds is 3. The van der Waals surface area contributed by atoms with Crippen molar-refractivity contribution in [3.05, 3.63) is 16.8 Å². The van der Waals surface area contributed by atoms with E-state index in [1.165, 1.54) is 0 Å². The minimum atomic E-state index is -0.116. The van der Waals surface area contributed by atoms with Gasteiger partial charge < -0.3 is 4.90 Å². The Morgan fingerprint density at radius 1 is 1.29 bits per heavy atom. The van der Waals surface area contributed by atoms with Crippen LogP contribution in [0.1, 0.15) is 23.7 Å². The molecule has 17 heavy (non-hydrogen) atoms. The van der Waals surface area contributed by atoms with Gasteiger partial charge in [0.25, 0.3) is 0 Å². The van der Waals surface area contributed by atoms with Gasteiger partial charge in [0, 0.05) is 13.6 Å². The van der Waals surface area contributed by atoms with Crippen molar-refractivity contribution in [2.24, 2.45) is 5.92 Å². The molecule has 1 rings (SSSR count). The zero-order chi connectivity index (χ0) is 13.0. The van der Waals surface area contributed by atoms with Gasteiger partial charge in [0.1, 0.15) is 11.6 Å². The highest BCUT2D eigenvalue weighted by Gasteiger charge is 2.15. The molecule has 0 bridgehead atoms. The lowest BCUT2D eigenvalue weighted by Gasteiger charge is -2.20. The third-order valence-corrected chi connectivity index (χ3v) is 2.68. The minimum Gasteiger partial charge on any atom is -0.356 e. The van der Waals surface area contributed by atoms with Crippen LogP contribution in [-0.2, 0) is 0 Å². The first-order chi connectivity index (χ1) is 8.01. The Hall–Kier alpha value is -2.14. The van der Waals surface area contributed by atoms with E-state index in [-0.39, 0.29) is 5.92 Å². The second-order valence-corrected chi connectivity index (χ2v) is 4.13. The van der Waals surface area contributed by atoms with Crippen LogP contribution in [-0.4, -0.2) is 23.8 Å². The molecule has 1 heterocycles. The molecular formula is C12H15N5. The van der Waals surface area contributed by atoms with Gasteiger partial charge in [-0.1, -0.05) is 0 Å². The first-order valence-electron chi connectivity index (χ1n) is 5.36. The number of anilines is 1. The fourth-order valence-corrected chi connectivity index (χ4v) is 1.54. The third kappa shape index (κ3) is 2.70. The van der Waals surface area contributed by atoms with Crippen molar-refractivity contribution in [1.29, 1.82) is 10.5 Å². The summed E-state index contributed by atoms with van der Waals surface area (Å²) in [6.07, 6.45) is 0. The number of aryl methyl sites for hydroxylation is 1. The Balaban J connectivity index is 3.12. The minimum absolute atomic E-state index is 0.116. The molecule has 88 valence electrons. The van der Waals surface area contributed by atoms with Gasteiger partial charge in [0.15, 0.2) is 5.82 Å². The molecule has 5 nitrogen and oxygen atoms in total. The van der Waals surface area contributed by atoms with Gasteiger partial charge in [-0.25, -0.2) is 0 Å². The molecule has 0 radical (unpaired) electrons. The Labute approximate surface area is 101 Å². The maximum absolute atomic E-state index is 9.15. The first-order valence-corrected chi connectivity index (χ1v) is 5.36. The zero-order valence-electron chi connectivity index (χ0n) is 10.5. The third-order valence-electron chi connectivity index (χ3n) is 2.68. The lowest BCUT2D eigenvalue weighted by atomic mass is 10.1. The molecule has 0 aliphatic heterocycles. The Bertz CT molecular complexity index is 495. The Kier molecular flexibility index (Phi) is 4.01. The Morgan fingerprint density at radius 3 is 2.47 bits per heavy atom. The fourth-order valence-electron chi connectivity index (χ4n) is 1.54. The fraction of sp³-hybridized carbons (Fsp3) is 0.500. The number of aromatic nitrogens is 2. The van der Waals surface area contributed by atoms with Crippen LogP contribution < -0.4 is 4.90 Å². The SMILES string of the molecule is Cc1nnc(N(C)CC(C)C#N)c(C#N)c1C. The molecule has 5 heteroatoms. The lowest BCUT2D eigenvalue weighted by Crippen LogP contribution is -2.26. The molecule has 0 saturated heterocycles. The van der Waals surface area contributed by atoms with Crippen LogP contribution in [0.5, 0.6) is 0 Å². The maximum atomic E-state index is 9.15. The smallest absolute Gasteiger partial charge is 0.169 e. The maximum Gasteiger partial charge on any atom is 0.169 e. The molecule has 0 spiro atoms. The molecule has 1 aromatic rings. The highest BCUT2D eigenvalue weighted by molar-refractivity contribution is 5.57. The predicted octanol–water partition coefficient (Wildman–Crippen LogP) is 1.56. The summed E-state index contributed by atoms with van der Waals surface area (Å²) in [4.78, 5) is 1.80. The van der Waals surface area contributed by atoms with Crippen molar-refractivity contribution >= 4 is 5.82 Å². The second kappa shape index (κ2) is 5.27. The topological polar surface area (TPSA) is 76.6 Å². The van der Waals surface area contributed by atoms with E-state index >= 15 is 0 Å². The molecule has 0 aromatic carbocycles. The summed E-state index contributed by atoms with van der Waals surface area (Å²) in [5.74, 6) is 0.424. The van der Waals surface area contributed by atoms with Crippen molar-refractivity contribution in [3.63, 3.8) is 0 Å². The standard InChI is InChI=1S/C12H15N5/c1-8(5-13)7-17(4)12-11(6-14)9(2)10(3)15-16-12/h8H,7H2,1-4H3. The van der Waals surface area contributed by atoms with E-state index in [1.807, 2.05) is 27.8 Å². The van der Waals surface area contributed by atoms with Gasteiger partial charge in [-0.15, -0.1) is 5.10 Å². The number of nitrogens with zero attached hydrogens (tertiary/aromatic N) is 5. The van der Waals surface area contributed by atoms with Crippen LogP contribution in [0.4, 0.5) is 5.82 Å². The highest BCUT2D eigenvalue weighted by atomic mass is 15.2. The van der Waals surface area contributed by atoms with Gasteiger partial charge in [-0.3, -0.25) is 0 Å². The molecule has 0 aliphatic carbocycles. The van der Waals surface area contributed by atoms with Crippen molar-refractivity contribution < 1.29 is 0 Å². The summed E-state index contributed by atoms with van der Waals surface area (Å²) < 4.78 is 0. The summed E-state index contributed by atoms with van der Waals surface area (Å²) >= 11 is 0. The summed E-state index contributed by atoms with van der Waals surface area (Å²) in [6, 6.07) is 4.31. The van der Waals surface area contributed by atoms with Gasteiger partial charge in [-0.2, -0.15) is 15.6 Å². The van der Waals surface area contributed by atoms with Crippen LogP contribution in [0.15, 0.2) is 0 Å². The first kappa shape index (κ1) is 12.9. The zero-order valence-corrected chi connectivity index (χ0v) is 10.5. The normalized spacial score (nSPS) is 11.4. The molecule has 0 fully saturated rings. The van der Waals surface area contributed by atoms with Gasteiger partial charge in [0.05, 0.1) is 17.7 Å². The van der Waals surface area contributed by atoms with E-state index in [2.05, 4.69) is 22.3 Å². The lowest BCUT2D eigenvalue weighted by molar-refractivity contribution is 0.703.